The Bertz CT molecular complexity index is 968. The van der Waals surface area contributed by atoms with E-state index in [0.29, 0.717) is 30.1 Å². The van der Waals surface area contributed by atoms with Gasteiger partial charge in [0.2, 0.25) is 11.8 Å². The van der Waals surface area contributed by atoms with Gasteiger partial charge in [0.05, 0.1) is 12.4 Å². The Kier molecular flexibility index (Phi) is 7.75. The van der Waals surface area contributed by atoms with E-state index in [1.54, 1.807) is 11.0 Å². The van der Waals surface area contributed by atoms with Crippen LogP contribution in [-0.2, 0) is 16.0 Å². The standard InChI is InChI=1S/C20H22ClN3O5.Li/c1-20(2,3)29-19(27)24-6-4-12(5-7-24)13-8-14(10-15(21)9-13)18-23-22-16(28-18)11-17(25)26;/h4,8-10H,5-7,11H2,1-3H3,(H,25,26);/q;+1/p-1. The van der Waals surface area contributed by atoms with Crippen LogP contribution in [0.5, 0.6) is 0 Å². The van der Waals surface area contributed by atoms with E-state index in [1.165, 1.54) is 0 Å². The molecule has 0 N–H and O–H groups in total. The molecule has 0 spiro atoms. The molecule has 0 atom stereocenters. The molecule has 0 radical (unpaired) electrons. The van der Waals surface area contributed by atoms with Gasteiger partial charge in [0, 0.05) is 23.7 Å². The first-order valence-corrected chi connectivity index (χ1v) is 9.49. The zero-order valence-corrected chi connectivity index (χ0v) is 18.2. The predicted molar refractivity (Wildman–Crippen MR) is 104 cm³/mol. The fraction of sp³-hybridized carbons (Fsp3) is 0.400. The fourth-order valence-electron chi connectivity index (χ4n) is 2.89. The second-order valence-electron chi connectivity index (χ2n) is 7.68. The Balaban J connectivity index is 0.00000320. The summed E-state index contributed by atoms with van der Waals surface area (Å²) in [5.74, 6) is -1.16. The first-order valence-electron chi connectivity index (χ1n) is 9.11. The van der Waals surface area contributed by atoms with E-state index < -0.39 is 18.0 Å². The molecular formula is C20H21ClLiN3O5. The number of carboxylic acid groups (broad SMARTS) is 1. The molecule has 154 valence electrons. The molecule has 2 heterocycles. The van der Waals surface area contributed by atoms with Gasteiger partial charge in [-0.2, -0.15) is 0 Å². The van der Waals surface area contributed by atoms with Crippen molar-refractivity contribution in [1.29, 1.82) is 0 Å². The number of hydrogen-bond acceptors (Lipinski definition) is 7. The SMILES string of the molecule is CC(C)(C)OC(=O)N1CC=C(c2cc(Cl)cc(-c3nnc(CC(=O)[O-])o3)c2)CC1.[Li+]. The zero-order valence-electron chi connectivity index (χ0n) is 17.4. The number of rotatable bonds is 4. The summed E-state index contributed by atoms with van der Waals surface area (Å²) in [4.78, 5) is 24.5. The zero-order chi connectivity index (χ0) is 21.2. The third-order valence-corrected chi connectivity index (χ3v) is 4.36. The number of nitrogens with zero attached hydrogens (tertiary/aromatic N) is 3. The average Bonchev–Trinajstić information content (AvgIpc) is 3.07. The Morgan fingerprint density at radius 2 is 1.93 bits per heavy atom. The van der Waals surface area contributed by atoms with Crippen molar-refractivity contribution in [2.24, 2.45) is 0 Å². The number of hydrogen-bond donors (Lipinski definition) is 0. The number of aromatic nitrogens is 2. The van der Waals surface area contributed by atoms with Crippen LogP contribution in [0.3, 0.4) is 0 Å². The molecule has 8 nitrogen and oxygen atoms in total. The molecule has 30 heavy (non-hydrogen) atoms. The van der Waals surface area contributed by atoms with Crippen LogP contribution in [0.15, 0.2) is 28.7 Å². The van der Waals surface area contributed by atoms with Gasteiger partial charge in [0.25, 0.3) is 0 Å². The third kappa shape index (κ3) is 6.36. The van der Waals surface area contributed by atoms with Crippen LogP contribution in [0, 0.1) is 0 Å². The number of amides is 1. The van der Waals surface area contributed by atoms with E-state index in [9.17, 15) is 14.7 Å². The minimum absolute atomic E-state index is 0. The van der Waals surface area contributed by atoms with Crippen molar-refractivity contribution < 1.29 is 42.7 Å². The Labute approximate surface area is 191 Å². The molecule has 1 aliphatic heterocycles. The van der Waals surface area contributed by atoms with Crippen molar-refractivity contribution in [3.63, 3.8) is 0 Å². The van der Waals surface area contributed by atoms with Crippen LogP contribution in [0.1, 0.15) is 38.6 Å². The second-order valence-corrected chi connectivity index (χ2v) is 8.12. The van der Waals surface area contributed by atoms with Gasteiger partial charge in [0.1, 0.15) is 5.60 Å². The van der Waals surface area contributed by atoms with Gasteiger partial charge in [-0.1, -0.05) is 17.7 Å². The fourth-order valence-corrected chi connectivity index (χ4v) is 3.12. The molecule has 0 bridgehead atoms. The molecule has 0 saturated heterocycles. The van der Waals surface area contributed by atoms with E-state index in [1.807, 2.05) is 39.0 Å². The van der Waals surface area contributed by atoms with Crippen molar-refractivity contribution in [3.05, 3.63) is 40.8 Å². The Hall–Kier alpha value is -2.27. The summed E-state index contributed by atoms with van der Waals surface area (Å²) >= 11 is 6.26. The van der Waals surface area contributed by atoms with Gasteiger partial charge in [-0.3, -0.25) is 0 Å². The minimum Gasteiger partial charge on any atom is -0.550 e. The van der Waals surface area contributed by atoms with Crippen molar-refractivity contribution in [2.75, 3.05) is 13.1 Å². The normalized spacial score (nSPS) is 14.0. The maximum atomic E-state index is 12.2. The van der Waals surface area contributed by atoms with Crippen molar-refractivity contribution in [1.82, 2.24) is 15.1 Å². The molecule has 1 aliphatic rings. The topological polar surface area (TPSA) is 109 Å². The molecule has 1 aromatic heterocycles. The Morgan fingerprint density at radius 1 is 1.23 bits per heavy atom. The van der Waals surface area contributed by atoms with Gasteiger partial charge in [-0.05, 0) is 56.5 Å². The summed E-state index contributed by atoms with van der Waals surface area (Å²) < 4.78 is 10.8. The summed E-state index contributed by atoms with van der Waals surface area (Å²) in [6.07, 6.45) is 1.80. The number of halogens is 1. The molecule has 0 aliphatic carbocycles. The Morgan fingerprint density at radius 3 is 2.53 bits per heavy atom. The summed E-state index contributed by atoms with van der Waals surface area (Å²) in [5.41, 5.74) is 1.95. The average molecular weight is 426 g/mol. The largest absolute Gasteiger partial charge is 1.00 e. The first kappa shape index (κ1) is 24.0. The maximum Gasteiger partial charge on any atom is 1.00 e. The maximum absolute atomic E-state index is 12.2. The molecule has 0 fully saturated rings. The van der Waals surface area contributed by atoms with Crippen LogP contribution in [0.2, 0.25) is 5.02 Å². The van der Waals surface area contributed by atoms with Crippen molar-refractivity contribution in [2.45, 2.75) is 39.2 Å². The summed E-state index contributed by atoms with van der Waals surface area (Å²) in [5, 5.41) is 18.7. The monoisotopic (exact) mass is 425 g/mol. The van der Waals surface area contributed by atoms with Crippen LogP contribution in [0.25, 0.3) is 17.0 Å². The van der Waals surface area contributed by atoms with Crippen LogP contribution in [0.4, 0.5) is 4.79 Å². The van der Waals surface area contributed by atoms with Gasteiger partial charge >= 0.3 is 25.0 Å². The van der Waals surface area contributed by atoms with Crippen molar-refractivity contribution in [3.8, 4) is 11.5 Å². The van der Waals surface area contributed by atoms with E-state index in [0.717, 1.165) is 11.1 Å². The van der Waals surface area contributed by atoms with Crippen molar-refractivity contribution >= 4 is 29.2 Å². The third-order valence-electron chi connectivity index (χ3n) is 4.14. The molecular weight excluding hydrogens is 405 g/mol. The smallest absolute Gasteiger partial charge is 0.550 e. The first-order chi connectivity index (χ1) is 13.6. The summed E-state index contributed by atoms with van der Waals surface area (Å²) in [6.45, 7) is 6.46. The van der Waals surface area contributed by atoms with Gasteiger partial charge in [-0.25, -0.2) is 4.79 Å². The van der Waals surface area contributed by atoms with Gasteiger partial charge < -0.3 is 24.0 Å². The molecule has 1 amide bonds. The number of benzene rings is 1. The van der Waals surface area contributed by atoms with Crippen LogP contribution < -0.4 is 24.0 Å². The molecule has 3 rings (SSSR count). The number of carbonyl (C=O) groups excluding carboxylic acids is 2. The number of ether oxygens (including phenoxy) is 1. The number of aliphatic carboxylic acids is 1. The predicted octanol–water partition coefficient (Wildman–Crippen LogP) is -0.289. The molecule has 0 unspecified atom stereocenters. The molecule has 1 aromatic carbocycles. The molecule has 10 heteroatoms. The quantitative estimate of drug-likeness (QED) is 0.619. The van der Waals surface area contributed by atoms with Crippen LogP contribution >= 0.6 is 11.6 Å². The number of carboxylic acids is 1. The number of carbonyl (C=O) groups is 2. The van der Waals surface area contributed by atoms with E-state index >= 15 is 0 Å². The summed E-state index contributed by atoms with van der Waals surface area (Å²) in [6, 6.07) is 5.33. The van der Waals surface area contributed by atoms with E-state index in [-0.39, 0.29) is 36.7 Å². The second kappa shape index (κ2) is 9.69. The van der Waals surface area contributed by atoms with E-state index in [4.69, 9.17) is 20.8 Å². The van der Waals surface area contributed by atoms with E-state index in [2.05, 4.69) is 10.2 Å². The minimum atomic E-state index is -1.30. The molecule has 2 aromatic rings. The summed E-state index contributed by atoms with van der Waals surface area (Å²) in [7, 11) is 0. The molecule has 0 saturated carbocycles. The van der Waals surface area contributed by atoms with Crippen LogP contribution in [-0.4, -0.2) is 45.9 Å². The van der Waals surface area contributed by atoms with Gasteiger partial charge in [-0.15, -0.1) is 10.2 Å². The van der Waals surface area contributed by atoms with Gasteiger partial charge in [0.15, 0.2) is 0 Å².